The van der Waals surface area contributed by atoms with Crippen LogP contribution < -0.4 is 5.32 Å². The van der Waals surface area contributed by atoms with Crippen molar-refractivity contribution in [2.45, 2.75) is 18.9 Å². The molecule has 2 rings (SSSR count). The highest BCUT2D eigenvalue weighted by Gasteiger charge is 2.31. The van der Waals surface area contributed by atoms with Gasteiger partial charge in [0, 0.05) is 18.9 Å². The first-order valence-electron chi connectivity index (χ1n) is 4.20. The fourth-order valence-electron chi connectivity index (χ4n) is 1.87. The van der Waals surface area contributed by atoms with Crippen molar-refractivity contribution in [2.24, 2.45) is 5.92 Å². The maximum absolute atomic E-state index is 11.0. The Kier molecular flexibility index (Phi) is 1.92. The van der Waals surface area contributed by atoms with Gasteiger partial charge < -0.3 is 10.1 Å². The van der Waals surface area contributed by atoms with Crippen LogP contribution in [0.2, 0.25) is 0 Å². The third-order valence-electron chi connectivity index (χ3n) is 2.49. The predicted molar refractivity (Wildman–Crippen MR) is 40.3 cm³/mol. The summed E-state index contributed by atoms with van der Waals surface area (Å²) in [5.41, 5.74) is 0. The summed E-state index contributed by atoms with van der Waals surface area (Å²) in [6.07, 6.45) is 2.14. The van der Waals surface area contributed by atoms with Crippen molar-refractivity contribution in [1.82, 2.24) is 5.32 Å². The normalized spacial score (nSPS) is 38.4. The van der Waals surface area contributed by atoms with Crippen molar-refractivity contribution >= 4 is 5.78 Å². The zero-order valence-electron chi connectivity index (χ0n) is 6.51. The van der Waals surface area contributed by atoms with E-state index in [1.807, 2.05) is 0 Å². The number of carbonyl (C=O) groups excluding carboxylic acids is 1. The van der Waals surface area contributed by atoms with Crippen LogP contribution in [0.3, 0.4) is 0 Å². The first-order chi connectivity index (χ1) is 5.36. The average molecular weight is 155 g/mol. The fraction of sp³-hybridized carbons (Fsp3) is 0.875. The molecular formula is C8H13NO2. The van der Waals surface area contributed by atoms with Gasteiger partial charge in [0.25, 0.3) is 0 Å². The van der Waals surface area contributed by atoms with Crippen LogP contribution in [-0.2, 0) is 9.53 Å². The molecule has 2 aliphatic heterocycles. The van der Waals surface area contributed by atoms with Crippen LogP contribution in [0.15, 0.2) is 0 Å². The Labute approximate surface area is 66.1 Å². The van der Waals surface area contributed by atoms with Crippen LogP contribution in [0.25, 0.3) is 0 Å². The van der Waals surface area contributed by atoms with Gasteiger partial charge in [-0.1, -0.05) is 0 Å². The van der Waals surface area contributed by atoms with Gasteiger partial charge in [0.1, 0.15) is 6.61 Å². The second-order valence-corrected chi connectivity index (χ2v) is 3.35. The highest BCUT2D eigenvalue weighted by Crippen LogP contribution is 2.22. The lowest BCUT2D eigenvalue weighted by Gasteiger charge is -2.34. The number of ketones is 1. The number of rotatable bonds is 0. The molecule has 0 spiro atoms. The van der Waals surface area contributed by atoms with Crippen molar-refractivity contribution in [3.8, 4) is 0 Å². The lowest BCUT2D eigenvalue weighted by molar-refractivity contribution is -0.137. The molecule has 0 aromatic carbocycles. The topological polar surface area (TPSA) is 38.3 Å². The molecule has 0 aromatic rings. The van der Waals surface area contributed by atoms with Gasteiger partial charge in [0.2, 0.25) is 0 Å². The largest absolute Gasteiger partial charge is 0.370 e. The number of piperidine rings is 1. The van der Waals surface area contributed by atoms with Crippen molar-refractivity contribution in [3.05, 3.63) is 0 Å². The van der Waals surface area contributed by atoms with Gasteiger partial charge in [-0.05, 0) is 13.0 Å². The second kappa shape index (κ2) is 2.91. The summed E-state index contributed by atoms with van der Waals surface area (Å²) >= 11 is 0. The third-order valence-corrected chi connectivity index (χ3v) is 2.49. The molecule has 0 amide bonds. The number of Topliss-reactive ketones (excluding diaryl/α,β-unsaturated/α-hetero) is 1. The number of carbonyl (C=O) groups is 1. The number of ether oxygens (including phenoxy) is 1. The molecule has 0 saturated carbocycles. The van der Waals surface area contributed by atoms with Crippen molar-refractivity contribution in [2.75, 3.05) is 19.7 Å². The van der Waals surface area contributed by atoms with Gasteiger partial charge in [-0.15, -0.1) is 0 Å². The van der Waals surface area contributed by atoms with Gasteiger partial charge in [0.15, 0.2) is 5.78 Å². The van der Waals surface area contributed by atoms with Crippen LogP contribution in [0.4, 0.5) is 0 Å². The molecule has 3 heteroatoms. The highest BCUT2D eigenvalue weighted by atomic mass is 16.5. The zero-order valence-corrected chi connectivity index (χ0v) is 6.51. The number of nitrogens with one attached hydrogen (secondary N) is 1. The lowest BCUT2D eigenvalue weighted by Crippen LogP contribution is -2.46. The zero-order chi connectivity index (χ0) is 7.68. The van der Waals surface area contributed by atoms with Gasteiger partial charge in [-0.3, -0.25) is 4.79 Å². The number of fused-ring (bicyclic) bond motifs is 1. The van der Waals surface area contributed by atoms with E-state index in [-0.39, 0.29) is 5.78 Å². The summed E-state index contributed by atoms with van der Waals surface area (Å²) in [5, 5.41) is 3.27. The Morgan fingerprint density at radius 1 is 1.55 bits per heavy atom. The predicted octanol–water partition coefficient (Wildman–Crippen LogP) is -0.0461. The SMILES string of the molecule is O=C1CO[C@@H]2CCNC[C@H]2C1. The van der Waals surface area contributed by atoms with Crippen LogP contribution >= 0.6 is 0 Å². The molecule has 1 N–H and O–H groups in total. The Hall–Kier alpha value is -0.410. The van der Waals surface area contributed by atoms with Crippen LogP contribution in [-0.4, -0.2) is 31.6 Å². The minimum atomic E-state index is 0.259. The Balaban J connectivity index is 1.98. The summed E-state index contributed by atoms with van der Waals surface area (Å²) in [5.74, 6) is 0.708. The molecule has 0 radical (unpaired) electrons. The van der Waals surface area contributed by atoms with Crippen molar-refractivity contribution in [1.29, 1.82) is 0 Å². The van der Waals surface area contributed by atoms with E-state index in [2.05, 4.69) is 5.32 Å². The van der Waals surface area contributed by atoms with E-state index in [1.54, 1.807) is 0 Å². The molecule has 0 bridgehead atoms. The molecule has 0 aromatic heterocycles. The van der Waals surface area contributed by atoms with E-state index in [0.717, 1.165) is 25.9 Å². The van der Waals surface area contributed by atoms with Crippen LogP contribution in [0, 0.1) is 5.92 Å². The maximum Gasteiger partial charge on any atom is 0.158 e. The van der Waals surface area contributed by atoms with Crippen LogP contribution in [0.1, 0.15) is 12.8 Å². The first kappa shape index (κ1) is 7.25. The lowest BCUT2D eigenvalue weighted by atomic mass is 9.89. The molecule has 2 saturated heterocycles. The smallest absolute Gasteiger partial charge is 0.158 e. The quantitative estimate of drug-likeness (QED) is 0.533. The molecule has 0 unspecified atom stereocenters. The molecule has 2 heterocycles. The standard InChI is InChI=1S/C8H13NO2/c10-7-3-6-4-9-2-1-8(6)11-5-7/h6,8-9H,1-5H2/t6-,8-/m1/s1. The van der Waals surface area contributed by atoms with E-state index in [4.69, 9.17) is 4.74 Å². The fourth-order valence-corrected chi connectivity index (χ4v) is 1.87. The molecule has 2 atom stereocenters. The summed E-state index contributed by atoms with van der Waals surface area (Å²) < 4.78 is 5.40. The first-order valence-corrected chi connectivity index (χ1v) is 4.20. The Bertz CT molecular complexity index is 169. The summed E-state index contributed by atoms with van der Waals surface area (Å²) in [7, 11) is 0. The Morgan fingerprint density at radius 3 is 3.36 bits per heavy atom. The van der Waals surface area contributed by atoms with E-state index in [9.17, 15) is 4.79 Å². The van der Waals surface area contributed by atoms with E-state index in [0.29, 0.717) is 18.6 Å². The third kappa shape index (κ3) is 1.44. The molecule has 11 heavy (non-hydrogen) atoms. The molecule has 62 valence electrons. The molecule has 3 nitrogen and oxygen atoms in total. The van der Waals surface area contributed by atoms with Gasteiger partial charge in [-0.2, -0.15) is 0 Å². The second-order valence-electron chi connectivity index (χ2n) is 3.35. The molecular weight excluding hydrogens is 142 g/mol. The van der Waals surface area contributed by atoms with E-state index < -0.39 is 0 Å². The van der Waals surface area contributed by atoms with Crippen molar-refractivity contribution in [3.63, 3.8) is 0 Å². The maximum atomic E-state index is 11.0. The number of hydrogen-bond donors (Lipinski definition) is 1. The Morgan fingerprint density at radius 2 is 2.45 bits per heavy atom. The summed E-state index contributed by atoms with van der Waals surface area (Å²) in [6, 6.07) is 0. The number of hydrogen-bond acceptors (Lipinski definition) is 3. The molecule has 2 fully saturated rings. The van der Waals surface area contributed by atoms with Crippen LogP contribution in [0.5, 0.6) is 0 Å². The van der Waals surface area contributed by atoms with E-state index >= 15 is 0 Å². The monoisotopic (exact) mass is 155 g/mol. The van der Waals surface area contributed by atoms with Gasteiger partial charge >= 0.3 is 0 Å². The van der Waals surface area contributed by atoms with Gasteiger partial charge in [0.05, 0.1) is 6.10 Å². The van der Waals surface area contributed by atoms with Gasteiger partial charge in [-0.25, -0.2) is 0 Å². The summed E-state index contributed by atoms with van der Waals surface area (Å²) in [4.78, 5) is 11.0. The minimum Gasteiger partial charge on any atom is -0.370 e. The average Bonchev–Trinajstić information content (AvgIpc) is 2.04. The summed E-state index contributed by atoms with van der Waals surface area (Å²) in [6.45, 7) is 2.34. The molecule has 2 aliphatic rings. The molecule has 0 aliphatic carbocycles. The van der Waals surface area contributed by atoms with E-state index in [1.165, 1.54) is 0 Å². The highest BCUT2D eigenvalue weighted by molar-refractivity contribution is 5.80. The minimum absolute atomic E-state index is 0.259. The van der Waals surface area contributed by atoms with Crippen molar-refractivity contribution < 1.29 is 9.53 Å².